The van der Waals surface area contributed by atoms with E-state index in [0.717, 1.165) is 6.26 Å². The molecule has 0 unspecified atom stereocenters. The van der Waals surface area contributed by atoms with Crippen LogP contribution in [-0.2, 0) is 9.84 Å². The Hall–Kier alpha value is -3.23. The Morgan fingerprint density at radius 3 is 2.24 bits per heavy atom. The van der Waals surface area contributed by atoms with Crippen LogP contribution in [0.4, 0.5) is 11.4 Å². The highest BCUT2D eigenvalue weighted by atomic mass is 35.5. The largest absolute Gasteiger partial charge is 0.322 e. The van der Waals surface area contributed by atoms with Crippen LogP contribution < -0.4 is 10.6 Å². The van der Waals surface area contributed by atoms with E-state index in [4.69, 9.17) is 11.6 Å². The van der Waals surface area contributed by atoms with Crippen molar-refractivity contribution < 1.29 is 18.0 Å². The lowest BCUT2D eigenvalue weighted by atomic mass is 10.2. The number of amides is 2. The zero-order chi connectivity index (χ0) is 21.0. The quantitative estimate of drug-likeness (QED) is 0.644. The lowest BCUT2D eigenvalue weighted by Gasteiger charge is -2.11. The van der Waals surface area contributed by atoms with Crippen molar-refractivity contribution in [3.8, 4) is 0 Å². The van der Waals surface area contributed by atoms with Crippen LogP contribution in [0.3, 0.4) is 0 Å². The standard InChI is InChI=1S/C20H16ClN3O4S/c1-29(27,28)16-7-4-13(5-8-16)19(25)23-15-6-9-17(21)18(11-15)24-20(26)14-3-2-10-22-12-14/h2-12H,1H3,(H,23,25)(H,24,26). The number of sulfone groups is 1. The number of pyridine rings is 1. The minimum Gasteiger partial charge on any atom is -0.322 e. The van der Waals surface area contributed by atoms with Gasteiger partial charge in [0.05, 0.1) is 21.2 Å². The van der Waals surface area contributed by atoms with Gasteiger partial charge in [0.15, 0.2) is 9.84 Å². The summed E-state index contributed by atoms with van der Waals surface area (Å²) in [4.78, 5) is 28.7. The second-order valence-electron chi connectivity index (χ2n) is 6.14. The van der Waals surface area contributed by atoms with Gasteiger partial charge < -0.3 is 10.6 Å². The van der Waals surface area contributed by atoms with Gasteiger partial charge in [-0.15, -0.1) is 0 Å². The molecule has 9 heteroatoms. The molecule has 2 amide bonds. The predicted octanol–water partition coefficient (Wildman–Crippen LogP) is 3.64. The van der Waals surface area contributed by atoms with Crippen LogP contribution in [0.25, 0.3) is 0 Å². The molecule has 3 aromatic rings. The number of benzene rings is 2. The molecule has 0 spiro atoms. The molecule has 2 N–H and O–H groups in total. The van der Waals surface area contributed by atoms with Crippen LogP contribution >= 0.6 is 11.6 Å². The molecule has 0 bridgehead atoms. The summed E-state index contributed by atoms with van der Waals surface area (Å²) in [6.45, 7) is 0. The minimum atomic E-state index is -3.34. The summed E-state index contributed by atoms with van der Waals surface area (Å²) < 4.78 is 23.0. The van der Waals surface area contributed by atoms with Gasteiger partial charge in [-0.1, -0.05) is 11.6 Å². The first-order valence-electron chi connectivity index (χ1n) is 8.36. The second-order valence-corrected chi connectivity index (χ2v) is 8.56. The van der Waals surface area contributed by atoms with E-state index >= 15 is 0 Å². The third-order valence-corrected chi connectivity index (χ3v) is 5.40. The summed E-state index contributed by atoms with van der Waals surface area (Å²) in [5, 5.41) is 5.66. The smallest absolute Gasteiger partial charge is 0.257 e. The van der Waals surface area contributed by atoms with Gasteiger partial charge in [0.25, 0.3) is 11.8 Å². The number of hydrogen-bond acceptors (Lipinski definition) is 5. The monoisotopic (exact) mass is 429 g/mol. The maximum Gasteiger partial charge on any atom is 0.257 e. The number of nitrogens with zero attached hydrogens (tertiary/aromatic N) is 1. The second kappa shape index (κ2) is 8.42. The van der Waals surface area contributed by atoms with Crippen molar-refractivity contribution in [2.75, 3.05) is 16.9 Å². The minimum absolute atomic E-state index is 0.126. The molecule has 0 aliphatic carbocycles. The number of carbonyl (C=O) groups excluding carboxylic acids is 2. The SMILES string of the molecule is CS(=O)(=O)c1ccc(C(=O)Nc2ccc(Cl)c(NC(=O)c3cccnc3)c2)cc1. The molecule has 1 heterocycles. The molecular formula is C20H16ClN3O4S. The average Bonchev–Trinajstić information content (AvgIpc) is 2.70. The Balaban J connectivity index is 1.75. The average molecular weight is 430 g/mol. The lowest BCUT2D eigenvalue weighted by Crippen LogP contribution is -2.14. The Morgan fingerprint density at radius 1 is 0.931 bits per heavy atom. The fraction of sp³-hybridized carbons (Fsp3) is 0.0500. The van der Waals surface area contributed by atoms with E-state index in [9.17, 15) is 18.0 Å². The van der Waals surface area contributed by atoms with Crippen molar-refractivity contribution in [3.05, 3.63) is 83.1 Å². The number of aromatic nitrogens is 1. The molecule has 0 atom stereocenters. The van der Waals surface area contributed by atoms with E-state index in [-0.39, 0.29) is 16.4 Å². The van der Waals surface area contributed by atoms with Crippen LogP contribution in [-0.4, -0.2) is 31.5 Å². The molecule has 29 heavy (non-hydrogen) atoms. The van der Waals surface area contributed by atoms with Crippen LogP contribution in [0.15, 0.2) is 71.9 Å². The Morgan fingerprint density at radius 2 is 1.62 bits per heavy atom. The number of anilines is 2. The van der Waals surface area contributed by atoms with Gasteiger partial charge in [0.2, 0.25) is 0 Å². The molecule has 2 aromatic carbocycles. The maximum atomic E-state index is 12.4. The van der Waals surface area contributed by atoms with E-state index in [1.807, 2.05) is 0 Å². The number of nitrogens with one attached hydrogen (secondary N) is 2. The lowest BCUT2D eigenvalue weighted by molar-refractivity contribution is 0.101. The third-order valence-electron chi connectivity index (χ3n) is 3.94. The molecule has 0 saturated heterocycles. The van der Waals surface area contributed by atoms with E-state index < -0.39 is 15.7 Å². The molecular weight excluding hydrogens is 414 g/mol. The van der Waals surface area contributed by atoms with Gasteiger partial charge in [0, 0.05) is 29.9 Å². The van der Waals surface area contributed by atoms with Crippen molar-refractivity contribution >= 4 is 44.6 Å². The fourth-order valence-corrected chi connectivity index (χ4v) is 3.24. The van der Waals surface area contributed by atoms with E-state index in [2.05, 4.69) is 15.6 Å². The molecule has 0 aliphatic rings. The van der Waals surface area contributed by atoms with Gasteiger partial charge in [-0.2, -0.15) is 0 Å². The normalized spacial score (nSPS) is 11.0. The summed E-state index contributed by atoms with van der Waals surface area (Å²) in [5.41, 5.74) is 1.39. The highest BCUT2D eigenvalue weighted by molar-refractivity contribution is 7.90. The highest BCUT2D eigenvalue weighted by Gasteiger charge is 2.13. The zero-order valence-corrected chi connectivity index (χ0v) is 16.8. The van der Waals surface area contributed by atoms with Crippen molar-refractivity contribution in [1.29, 1.82) is 0 Å². The van der Waals surface area contributed by atoms with Crippen molar-refractivity contribution in [2.45, 2.75) is 4.90 Å². The maximum absolute atomic E-state index is 12.4. The topological polar surface area (TPSA) is 105 Å². The number of rotatable bonds is 5. The van der Waals surface area contributed by atoms with Gasteiger partial charge in [-0.3, -0.25) is 14.6 Å². The first kappa shape index (κ1) is 20.5. The number of halogens is 1. The molecule has 7 nitrogen and oxygen atoms in total. The van der Waals surface area contributed by atoms with Gasteiger partial charge in [-0.25, -0.2) is 8.42 Å². The van der Waals surface area contributed by atoms with Crippen molar-refractivity contribution in [1.82, 2.24) is 4.98 Å². The summed E-state index contributed by atoms with van der Waals surface area (Å²) >= 11 is 6.14. The van der Waals surface area contributed by atoms with Crippen LogP contribution in [0, 0.1) is 0 Å². The van der Waals surface area contributed by atoms with Gasteiger partial charge in [-0.05, 0) is 54.6 Å². The Bertz CT molecular complexity index is 1160. The summed E-state index contributed by atoms with van der Waals surface area (Å²) in [5.74, 6) is -0.822. The molecule has 0 radical (unpaired) electrons. The van der Waals surface area contributed by atoms with Crippen molar-refractivity contribution in [2.24, 2.45) is 0 Å². The number of carbonyl (C=O) groups is 2. The fourth-order valence-electron chi connectivity index (χ4n) is 2.45. The molecule has 0 saturated carbocycles. The molecule has 3 rings (SSSR count). The van der Waals surface area contributed by atoms with E-state index in [1.54, 1.807) is 30.5 Å². The molecule has 148 valence electrons. The first-order valence-corrected chi connectivity index (χ1v) is 10.6. The van der Waals surface area contributed by atoms with Crippen molar-refractivity contribution in [3.63, 3.8) is 0 Å². The van der Waals surface area contributed by atoms with Gasteiger partial charge >= 0.3 is 0 Å². The Labute approximate surface area is 172 Å². The zero-order valence-electron chi connectivity index (χ0n) is 15.2. The highest BCUT2D eigenvalue weighted by Crippen LogP contribution is 2.26. The van der Waals surface area contributed by atoms with Crippen LogP contribution in [0.2, 0.25) is 5.02 Å². The Kier molecular flexibility index (Phi) is 5.95. The van der Waals surface area contributed by atoms with E-state index in [0.29, 0.717) is 22.0 Å². The summed E-state index contributed by atoms with van der Waals surface area (Å²) in [7, 11) is -3.34. The predicted molar refractivity (Wildman–Crippen MR) is 111 cm³/mol. The molecule has 0 aliphatic heterocycles. The van der Waals surface area contributed by atoms with Crippen LogP contribution in [0.1, 0.15) is 20.7 Å². The van der Waals surface area contributed by atoms with E-state index in [1.165, 1.54) is 36.5 Å². The number of hydrogen-bond donors (Lipinski definition) is 2. The molecule has 0 fully saturated rings. The van der Waals surface area contributed by atoms with Gasteiger partial charge in [0.1, 0.15) is 0 Å². The van der Waals surface area contributed by atoms with Crippen LogP contribution in [0.5, 0.6) is 0 Å². The first-order chi connectivity index (χ1) is 13.7. The third kappa shape index (κ3) is 5.18. The summed E-state index contributed by atoms with van der Waals surface area (Å²) in [6.07, 6.45) is 4.08. The molecule has 1 aromatic heterocycles. The summed E-state index contributed by atoms with van der Waals surface area (Å²) in [6, 6.07) is 13.5.